The molecule has 0 unspecified atom stereocenters. The molecule has 1 aliphatic heterocycles. The Kier molecular flexibility index (Phi) is 2.61. The summed E-state index contributed by atoms with van der Waals surface area (Å²) in [6.45, 7) is 3.07. The molecule has 0 saturated carbocycles. The highest BCUT2D eigenvalue weighted by Gasteiger charge is 2.15. The van der Waals surface area contributed by atoms with Gasteiger partial charge in [-0.05, 0) is 12.1 Å². The molecule has 72 valence electrons. The van der Waals surface area contributed by atoms with Crippen molar-refractivity contribution in [2.45, 2.75) is 0 Å². The predicted molar refractivity (Wildman–Crippen MR) is 53.8 cm³/mol. The summed E-state index contributed by atoms with van der Waals surface area (Å²) in [5, 5.41) is 15.1. The lowest BCUT2D eigenvalue weighted by Gasteiger charge is -2.27. The quantitative estimate of drug-likeness (QED) is 0.728. The molecule has 2 rings (SSSR count). The molecule has 0 spiro atoms. The first-order valence-electron chi connectivity index (χ1n) is 4.70. The molecular weight excluding hydrogens is 176 g/mol. The van der Waals surface area contributed by atoms with Crippen LogP contribution in [0, 0.1) is 17.2 Å². The second-order valence-corrected chi connectivity index (χ2v) is 3.43. The first-order chi connectivity index (χ1) is 6.88. The van der Waals surface area contributed by atoms with Gasteiger partial charge in [-0.1, -0.05) is 6.07 Å². The molecule has 0 bridgehead atoms. The zero-order valence-corrected chi connectivity index (χ0v) is 7.83. The van der Waals surface area contributed by atoms with Crippen LogP contribution >= 0.6 is 0 Å². The fourth-order valence-corrected chi connectivity index (χ4v) is 1.34. The highest BCUT2D eigenvalue weighted by Crippen LogP contribution is 2.07. The van der Waals surface area contributed by atoms with Crippen molar-refractivity contribution in [1.29, 1.82) is 5.26 Å². The van der Waals surface area contributed by atoms with Gasteiger partial charge in [-0.25, -0.2) is 4.98 Å². The maximum absolute atomic E-state index is 8.65. The van der Waals surface area contributed by atoms with Gasteiger partial charge in [0, 0.05) is 25.6 Å². The predicted octanol–water partition coefficient (Wildman–Crippen LogP) is 0.585. The molecule has 14 heavy (non-hydrogen) atoms. The summed E-state index contributed by atoms with van der Waals surface area (Å²) in [6.07, 6.45) is 0. The van der Waals surface area contributed by atoms with Gasteiger partial charge in [-0.2, -0.15) is 5.26 Å². The molecule has 1 aromatic rings. The lowest BCUT2D eigenvalue weighted by Crippen LogP contribution is -2.45. The third kappa shape index (κ3) is 2.01. The van der Waals surface area contributed by atoms with Crippen molar-refractivity contribution < 1.29 is 0 Å². The van der Waals surface area contributed by atoms with Gasteiger partial charge in [0.2, 0.25) is 0 Å². The maximum atomic E-state index is 8.65. The molecule has 1 saturated heterocycles. The third-order valence-electron chi connectivity index (χ3n) is 2.30. The van der Waals surface area contributed by atoms with E-state index in [0.717, 1.165) is 25.5 Å². The molecule has 0 radical (unpaired) electrons. The minimum absolute atomic E-state index is 0.460. The number of aromatic nitrogens is 1. The van der Waals surface area contributed by atoms with Gasteiger partial charge in [0.1, 0.15) is 17.6 Å². The SMILES string of the molecule is N#Cc1cccc(NCC2CNC2)n1. The van der Waals surface area contributed by atoms with Gasteiger partial charge in [0.05, 0.1) is 0 Å². The standard InChI is InChI=1S/C10H12N4/c11-4-9-2-1-3-10(14-9)13-7-8-5-12-6-8/h1-3,8,12H,5-7H2,(H,13,14). The maximum Gasteiger partial charge on any atom is 0.142 e. The Bertz CT molecular complexity index is 351. The molecule has 0 atom stereocenters. The molecule has 1 aromatic heterocycles. The molecule has 0 aliphatic carbocycles. The second-order valence-electron chi connectivity index (χ2n) is 3.43. The summed E-state index contributed by atoms with van der Waals surface area (Å²) < 4.78 is 0. The molecule has 4 heteroatoms. The van der Waals surface area contributed by atoms with E-state index in [1.807, 2.05) is 18.2 Å². The molecule has 0 aromatic carbocycles. The number of nitriles is 1. The van der Waals surface area contributed by atoms with Crippen LogP contribution in [-0.4, -0.2) is 24.6 Å². The minimum atomic E-state index is 0.460. The van der Waals surface area contributed by atoms with Crippen LogP contribution in [0.3, 0.4) is 0 Å². The van der Waals surface area contributed by atoms with Crippen LogP contribution in [0.2, 0.25) is 0 Å². The summed E-state index contributed by atoms with van der Waals surface area (Å²) in [7, 11) is 0. The van der Waals surface area contributed by atoms with Crippen molar-refractivity contribution in [3.05, 3.63) is 23.9 Å². The van der Waals surface area contributed by atoms with E-state index in [9.17, 15) is 0 Å². The number of nitrogens with zero attached hydrogens (tertiary/aromatic N) is 2. The Labute approximate surface area is 83.0 Å². The normalized spacial score (nSPS) is 15.6. The first-order valence-corrected chi connectivity index (χ1v) is 4.70. The van der Waals surface area contributed by atoms with Crippen molar-refractivity contribution >= 4 is 5.82 Å². The number of hydrogen-bond acceptors (Lipinski definition) is 4. The Morgan fingerprint density at radius 2 is 2.43 bits per heavy atom. The highest BCUT2D eigenvalue weighted by atomic mass is 15.0. The Morgan fingerprint density at radius 1 is 1.57 bits per heavy atom. The van der Waals surface area contributed by atoms with E-state index in [4.69, 9.17) is 5.26 Å². The van der Waals surface area contributed by atoms with Gasteiger partial charge in [0.25, 0.3) is 0 Å². The number of nitrogens with one attached hydrogen (secondary N) is 2. The molecule has 2 N–H and O–H groups in total. The van der Waals surface area contributed by atoms with Gasteiger partial charge >= 0.3 is 0 Å². The third-order valence-corrected chi connectivity index (χ3v) is 2.30. The summed E-state index contributed by atoms with van der Waals surface area (Å²) in [6, 6.07) is 7.45. The molecule has 1 fully saturated rings. The summed E-state index contributed by atoms with van der Waals surface area (Å²) in [5.41, 5.74) is 0.460. The van der Waals surface area contributed by atoms with Gasteiger partial charge in [-0.15, -0.1) is 0 Å². The van der Waals surface area contributed by atoms with Gasteiger partial charge < -0.3 is 10.6 Å². The lowest BCUT2D eigenvalue weighted by atomic mass is 10.0. The summed E-state index contributed by atoms with van der Waals surface area (Å²) >= 11 is 0. The lowest BCUT2D eigenvalue weighted by molar-refractivity contribution is 0.365. The van der Waals surface area contributed by atoms with E-state index in [-0.39, 0.29) is 0 Å². The largest absolute Gasteiger partial charge is 0.370 e. The van der Waals surface area contributed by atoms with Crippen molar-refractivity contribution in [2.75, 3.05) is 25.0 Å². The van der Waals surface area contributed by atoms with Crippen molar-refractivity contribution in [2.24, 2.45) is 5.92 Å². The number of rotatable bonds is 3. The highest BCUT2D eigenvalue weighted by molar-refractivity contribution is 5.38. The Hall–Kier alpha value is -1.60. The van der Waals surface area contributed by atoms with Crippen LogP contribution in [0.15, 0.2) is 18.2 Å². The number of pyridine rings is 1. The number of anilines is 1. The Balaban J connectivity index is 1.91. The molecular formula is C10H12N4. The second kappa shape index (κ2) is 4.07. The minimum Gasteiger partial charge on any atom is -0.370 e. The van der Waals surface area contributed by atoms with E-state index < -0.39 is 0 Å². The van der Waals surface area contributed by atoms with E-state index in [0.29, 0.717) is 11.6 Å². The van der Waals surface area contributed by atoms with Crippen molar-refractivity contribution in [1.82, 2.24) is 10.3 Å². The molecule has 4 nitrogen and oxygen atoms in total. The fraction of sp³-hybridized carbons (Fsp3) is 0.400. The molecule has 0 amide bonds. The average molecular weight is 188 g/mol. The van der Waals surface area contributed by atoms with Crippen LogP contribution in [0.25, 0.3) is 0 Å². The molecule has 1 aliphatic rings. The Morgan fingerprint density at radius 3 is 3.07 bits per heavy atom. The average Bonchev–Trinajstić information content (AvgIpc) is 2.16. The number of hydrogen-bond donors (Lipinski definition) is 2. The van der Waals surface area contributed by atoms with Crippen LogP contribution in [0.4, 0.5) is 5.82 Å². The zero-order valence-electron chi connectivity index (χ0n) is 7.83. The van der Waals surface area contributed by atoms with Crippen molar-refractivity contribution in [3.63, 3.8) is 0 Å². The first kappa shape index (κ1) is 8.97. The zero-order chi connectivity index (χ0) is 9.80. The monoisotopic (exact) mass is 188 g/mol. The van der Waals surface area contributed by atoms with E-state index in [2.05, 4.69) is 15.6 Å². The van der Waals surface area contributed by atoms with Crippen LogP contribution in [-0.2, 0) is 0 Å². The topological polar surface area (TPSA) is 60.7 Å². The van der Waals surface area contributed by atoms with Crippen molar-refractivity contribution in [3.8, 4) is 6.07 Å². The van der Waals surface area contributed by atoms with Gasteiger partial charge in [0.15, 0.2) is 0 Å². The van der Waals surface area contributed by atoms with E-state index in [1.165, 1.54) is 0 Å². The van der Waals surface area contributed by atoms with E-state index in [1.54, 1.807) is 6.07 Å². The smallest absolute Gasteiger partial charge is 0.142 e. The molecule has 2 heterocycles. The van der Waals surface area contributed by atoms with Crippen LogP contribution in [0.1, 0.15) is 5.69 Å². The van der Waals surface area contributed by atoms with Gasteiger partial charge in [-0.3, -0.25) is 0 Å². The fourth-order valence-electron chi connectivity index (χ4n) is 1.34. The van der Waals surface area contributed by atoms with E-state index >= 15 is 0 Å². The van der Waals surface area contributed by atoms with Crippen LogP contribution < -0.4 is 10.6 Å². The summed E-state index contributed by atoms with van der Waals surface area (Å²) in [4.78, 5) is 4.13. The summed E-state index contributed by atoms with van der Waals surface area (Å²) in [5.74, 6) is 1.48. The van der Waals surface area contributed by atoms with Crippen LogP contribution in [0.5, 0.6) is 0 Å².